The maximum absolute atomic E-state index is 14.7. The Kier molecular flexibility index (Phi) is 7.66. The molecule has 1 aliphatic heterocycles. The molecule has 5 rings (SSSR count). The van der Waals surface area contributed by atoms with Crippen LogP contribution in [0, 0.1) is 0 Å². The number of nitrogens with zero attached hydrogens (tertiary/aromatic N) is 4. The normalized spacial score (nSPS) is 18.1. The lowest BCUT2D eigenvalue weighted by atomic mass is 10.0. The third-order valence-electron chi connectivity index (χ3n) is 6.81. The first-order valence-electron chi connectivity index (χ1n) is 12.6. The van der Waals surface area contributed by atoms with Crippen molar-refractivity contribution in [1.29, 1.82) is 0 Å². The predicted molar refractivity (Wildman–Crippen MR) is 140 cm³/mol. The van der Waals surface area contributed by atoms with Gasteiger partial charge in [-0.2, -0.15) is 13.2 Å². The maximum Gasteiger partial charge on any atom is 0.406 e. The highest BCUT2D eigenvalue weighted by molar-refractivity contribution is 5.97. The molecule has 4 aromatic rings. The highest BCUT2D eigenvalue weighted by atomic mass is 19.4. The lowest BCUT2D eigenvalue weighted by Gasteiger charge is -2.33. The monoisotopic (exact) mass is 560 g/mol. The first kappa shape index (κ1) is 27.4. The SMILES string of the molecule is COc1ccccc1C(=O)NCc1nnc(-c2cc3c(N[C@@H]4CCN(C)C[C@@H]4F)cccc3n2CC(F)(F)F)o1. The number of alkyl halides is 4. The minimum absolute atomic E-state index is 0.00649. The van der Waals surface area contributed by atoms with E-state index in [4.69, 9.17) is 9.15 Å². The molecule has 212 valence electrons. The fourth-order valence-electron chi connectivity index (χ4n) is 4.87. The molecule has 2 N–H and O–H groups in total. The van der Waals surface area contributed by atoms with Crippen LogP contribution in [0.4, 0.5) is 23.2 Å². The van der Waals surface area contributed by atoms with Crippen molar-refractivity contribution in [2.24, 2.45) is 0 Å². The number of hydrogen-bond acceptors (Lipinski definition) is 7. The first-order chi connectivity index (χ1) is 19.1. The summed E-state index contributed by atoms with van der Waals surface area (Å²) in [5.41, 5.74) is 1.15. The second kappa shape index (κ2) is 11.2. The van der Waals surface area contributed by atoms with Gasteiger partial charge in [-0.3, -0.25) is 4.79 Å². The zero-order valence-corrected chi connectivity index (χ0v) is 21.8. The summed E-state index contributed by atoms with van der Waals surface area (Å²) in [7, 11) is 3.29. The van der Waals surface area contributed by atoms with Gasteiger partial charge in [-0.25, -0.2) is 4.39 Å². The van der Waals surface area contributed by atoms with Crippen LogP contribution in [-0.2, 0) is 13.1 Å². The molecular formula is C27H28F4N6O3. The number of nitrogens with one attached hydrogen (secondary N) is 2. The Morgan fingerprint density at radius 2 is 1.98 bits per heavy atom. The zero-order chi connectivity index (χ0) is 28.4. The van der Waals surface area contributed by atoms with E-state index in [2.05, 4.69) is 20.8 Å². The van der Waals surface area contributed by atoms with Crippen molar-refractivity contribution in [1.82, 2.24) is 25.0 Å². The second-order valence-electron chi connectivity index (χ2n) is 9.67. The molecule has 1 aliphatic rings. The van der Waals surface area contributed by atoms with E-state index in [1.54, 1.807) is 42.5 Å². The van der Waals surface area contributed by atoms with E-state index in [0.29, 0.717) is 35.4 Å². The van der Waals surface area contributed by atoms with E-state index in [1.807, 2.05) is 11.9 Å². The van der Waals surface area contributed by atoms with Gasteiger partial charge in [-0.1, -0.05) is 18.2 Å². The van der Waals surface area contributed by atoms with E-state index in [9.17, 15) is 22.4 Å². The molecule has 0 bridgehead atoms. The topological polar surface area (TPSA) is 97.5 Å². The summed E-state index contributed by atoms with van der Waals surface area (Å²) in [6, 6.07) is 12.6. The minimum atomic E-state index is -4.53. The summed E-state index contributed by atoms with van der Waals surface area (Å²) in [5, 5.41) is 14.2. The summed E-state index contributed by atoms with van der Waals surface area (Å²) in [5.74, 6) is -0.201. The molecule has 0 spiro atoms. The average molecular weight is 561 g/mol. The van der Waals surface area contributed by atoms with E-state index in [-0.39, 0.29) is 36.1 Å². The van der Waals surface area contributed by atoms with E-state index >= 15 is 0 Å². The van der Waals surface area contributed by atoms with Crippen LogP contribution in [0.25, 0.3) is 22.5 Å². The highest BCUT2D eigenvalue weighted by Crippen LogP contribution is 2.35. The Labute approximate surface area is 227 Å². The highest BCUT2D eigenvalue weighted by Gasteiger charge is 2.32. The fraction of sp³-hybridized carbons (Fsp3) is 0.370. The summed E-state index contributed by atoms with van der Waals surface area (Å²) in [6.07, 6.45) is -5.11. The van der Waals surface area contributed by atoms with Crippen LogP contribution in [0.5, 0.6) is 5.75 Å². The van der Waals surface area contributed by atoms with Gasteiger partial charge in [0.15, 0.2) is 0 Å². The summed E-state index contributed by atoms with van der Waals surface area (Å²) >= 11 is 0. The minimum Gasteiger partial charge on any atom is -0.496 e. The van der Waals surface area contributed by atoms with Crippen LogP contribution in [0.3, 0.4) is 0 Å². The number of benzene rings is 2. The molecule has 40 heavy (non-hydrogen) atoms. The van der Waals surface area contributed by atoms with Crippen molar-refractivity contribution in [3.63, 3.8) is 0 Å². The van der Waals surface area contributed by atoms with Crippen molar-refractivity contribution in [2.75, 3.05) is 32.6 Å². The summed E-state index contributed by atoms with van der Waals surface area (Å²) < 4.78 is 67.5. The molecule has 9 nitrogen and oxygen atoms in total. The standard InChI is InChI=1S/C27H28F4N6O3/c1-36-11-10-20(18(28)14-36)33-19-7-5-8-21-17(19)12-22(37(21)15-27(29,30)31)26-35-34-24(40-26)13-32-25(38)16-6-3-4-9-23(16)39-2/h3-9,12,18,20,33H,10-11,13-15H2,1-2H3,(H,32,38)/t18-,20+/m0/s1. The molecule has 1 fully saturated rings. The Morgan fingerprint density at radius 3 is 2.73 bits per heavy atom. The molecule has 3 heterocycles. The number of halogens is 4. The molecular weight excluding hydrogens is 532 g/mol. The van der Waals surface area contributed by atoms with Crippen molar-refractivity contribution < 1.29 is 31.5 Å². The molecule has 0 radical (unpaired) electrons. The second-order valence-corrected chi connectivity index (χ2v) is 9.67. The Morgan fingerprint density at radius 1 is 1.18 bits per heavy atom. The van der Waals surface area contributed by atoms with E-state index < -0.39 is 30.8 Å². The van der Waals surface area contributed by atoms with Crippen LogP contribution in [0.15, 0.2) is 52.9 Å². The Balaban J connectivity index is 1.42. The Bertz CT molecular complexity index is 1500. The predicted octanol–water partition coefficient (Wildman–Crippen LogP) is 4.65. The smallest absolute Gasteiger partial charge is 0.406 e. The van der Waals surface area contributed by atoms with Gasteiger partial charge in [0.1, 0.15) is 24.2 Å². The Hall–Kier alpha value is -4.13. The molecule has 0 aliphatic carbocycles. The number of ether oxygens (including phenoxy) is 1. The quantitative estimate of drug-likeness (QED) is 0.303. The van der Waals surface area contributed by atoms with Gasteiger partial charge in [0, 0.05) is 24.2 Å². The number of carbonyl (C=O) groups is 1. The van der Waals surface area contributed by atoms with Gasteiger partial charge in [0.25, 0.3) is 11.8 Å². The number of anilines is 1. The van der Waals surface area contributed by atoms with Gasteiger partial charge in [-0.15, -0.1) is 10.2 Å². The number of methoxy groups -OCH3 is 1. The molecule has 2 atom stereocenters. The van der Waals surface area contributed by atoms with Gasteiger partial charge >= 0.3 is 6.18 Å². The van der Waals surface area contributed by atoms with Gasteiger partial charge < -0.3 is 29.3 Å². The van der Waals surface area contributed by atoms with Crippen molar-refractivity contribution in [2.45, 2.75) is 37.9 Å². The van der Waals surface area contributed by atoms with Gasteiger partial charge in [0.2, 0.25) is 5.89 Å². The van der Waals surface area contributed by atoms with Crippen molar-refractivity contribution in [3.05, 3.63) is 60.0 Å². The molecule has 1 amide bonds. The van der Waals surface area contributed by atoms with Crippen LogP contribution >= 0.6 is 0 Å². The molecule has 13 heteroatoms. The number of hydrogen-bond donors (Lipinski definition) is 2. The third kappa shape index (κ3) is 5.88. The van der Waals surface area contributed by atoms with Crippen molar-refractivity contribution >= 4 is 22.5 Å². The third-order valence-corrected chi connectivity index (χ3v) is 6.81. The lowest BCUT2D eigenvalue weighted by Crippen LogP contribution is -2.46. The molecule has 2 aromatic carbocycles. The van der Waals surface area contributed by atoms with Gasteiger partial charge in [0.05, 0.1) is 30.8 Å². The summed E-state index contributed by atoms with van der Waals surface area (Å²) in [4.78, 5) is 14.5. The van der Waals surface area contributed by atoms with Crippen LogP contribution in [-0.4, -0.2) is 71.2 Å². The van der Waals surface area contributed by atoms with E-state index in [1.165, 1.54) is 13.2 Å². The number of carbonyl (C=O) groups excluding carboxylic acids is 1. The fourth-order valence-corrected chi connectivity index (χ4v) is 4.87. The van der Waals surface area contributed by atoms with Crippen LogP contribution in [0.1, 0.15) is 22.7 Å². The number of para-hydroxylation sites is 1. The first-order valence-corrected chi connectivity index (χ1v) is 12.6. The number of amides is 1. The van der Waals surface area contributed by atoms with Crippen LogP contribution in [0.2, 0.25) is 0 Å². The number of likely N-dealkylation sites (tertiary alicyclic amines) is 1. The average Bonchev–Trinajstić information content (AvgIpc) is 3.53. The molecule has 1 saturated heterocycles. The lowest BCUT2D eigenvalue weighted by molar-refractivity contribution is -0.139. The number of rotatable bonds is 8. The van der Waals surface area contributed by atoms with E-state index in [0.717, 1.165) is 4.57 Å². The maximum atomic E-state index is 14.7. The number of fused-ring (bicyclic) bond motifs is 1. The molecule has 0 unspecified atom stereocenters. The van der Waals surface area contributed by atoms with Gasteiger partial charge in [-0.05, 0) is 43.8 Å². The van der Waals surface area contributed by atoms with Crippen molar-refractivity contribution in [3.8, 4) is 17.3 Å². The molecule has 0 saturated carbocycles. The molecule has 2 aromatic heterocycles. The summed E-state index contributed by atoms with van der Waals surface area (Å²) in [6.45, 7) is -0.471. The largest absolute Gasteiger partial charge is 0.496 e. The number of piperidine rings is 1. The van der Waals surface area contributed by atoms with Crippen LogP contribution < -0.4 is 15.4 Å². The zero-order valence-electron chi connectivity index (χ0n) is 21.8. The number of aromatic nitrogens is 3.